The van der Waals surface area contributed by atoms with E-state index in [0.717, 1.165) is 5.92 Å². The third kappa shape index (κ3) is 4.31. The average Bonchev–Trinajstić information content (AvgIpc) is 2.15. The number of allylic oxidation sites excluding steroid dienone is 4. The van der Waals surface area contributed by atoms with E-state index in [4.69, 9.17) is 0 Å². The fraction of sp³-hybridized carbons (Fsp3) is 0.615. The van der Waals surface area contributed by atoms with Crippen molar-refractivity contribution in [3.8, 4) is 0 Å². The molecule has 0 saturated heterocycles. The molecule has 1 radical (unpaired) electrons. The second-order valence-electron chi connectivity index (χ2n) is 3.97. The first-order valence-electron chi connectivity index (χ1n) is 5.43. The van der Waals surface area contributed by atoms with Gasteiger partial charge in [-0.3, -0.25) is 0 Å². The quantitative estimate of drug-likeness (QED) is 0.444. The SMILES string of the molecule is CC=CCC[CH]C1CC=C(C)CC1. The Hall–Kier alpha value is -0.520. The molecule has 0 bridgehead atoms. The predicted molar refractivity (Wildman–Crippen MR) is 59.4 cm³/mol. The van der Waals surface area contributed by atoms with Gasteiger partial charge >= 0.3 is 0 Å². The van der Waals surface area contributed by atoms with Crippen LogP contribution in [0.5, 0.6) is 0 Å². The van der Waals surface area contributed by atoms with Crippen LogP contribution >= 0.6 is 0 Å². The summed E-state index contributed by atoms with van der Waals surface area (Å²) in [5.41, 5.74) is 1.58. The number of hydrogen-bond donors (Lipinski definition) is 0. The summed E-state index contributed by atoms with van der Waals surface area (Å²) in [6, 6.07) is 0. The van der Waals surface area contributed by atoms with Gasteiger partial charge in [0.2, 0.25) is 0 Å². The van der Waals surface area contributed by atoms with Gasteiger partial charge in [-0.1, -0.05) is 23.8 Å². The molecule has 0 heterocycles. The Morgan fingerprint density at radius 1 is 1.46 bits per heavy atom. The van der Waals surface area contributed by atoms with Gasteiger partial charge in [0.05, 0.1) is 0 Å². The molecule has 1 unspecified atom stereocenters. The van der Waals surface area contributed by atoms with Crippen molar-refractivity contribution in [3.05, 3.63) is 30.2 Å². The summed E-state index contributed by atoms with van der Waals surface area (Å²) in [5, 5.41) is 0. The van der Waals surface area contributed by atoms with Gasteiger partial charge in [-0.15, -0.1) is 0 Å². The van der Waals surface area contributed by atoms with Crippen molar-refractivity contribution >= 4 is 0 Å². The molecule has 1 aliphatic carbocycles. The summed E-state index contributed by atoms with van der Waals surface area (Å²) in [5.74, 6) is 0.856. The van der Waals surface area contributed by atoms with Gasteiger partial charge in [-0.25, -0.2) is 0 Å². The van der Waals surface area contributed by atoms with E-state index in [1.54, 1.807) is 5.57 Å². The molecule has 1 aliphatic rings. The van der Waals surface area contributed by atoms with E-state index in [-0.39, 0.29) is 0 Å². The van der Waals surface area contributed by atoms with Crippen molar-refractivity contribution in [2.45, 2.75) is 46.0 Å². The summed E-state index contributed by atoms with van der Waals surface area (Å²) in [7, 11) is 0. The van der Waals surface area contributed by atoms with Crippen LogP contribution in [0.1, 0.15) is 46.0 Å². The fourth-order valence-electron chi connectivity index (χ4n) is 1.79. The van der Waals surface area contributed by atoms with Gasteiger partial charge in [0.1, 0.15) is 0 Å². The second-order valence-corrected chi connectivity index (χ2v) is 3.97. The van der Waals surface area contributed by atoms with E-state index in [0.29, 0.717) is 0 Å². The highest BCUT2D eigenvalue weighted by Gasteiger charge is 2.11. The minimum Gasteiger partial charge on any atom is -0.0917 e. The van der Waals surface area contributed by atoms with Crippen LogP contribution in [-0.2, 0) is 0 Å². The lowest BCUT2D eigenvalue weighted by atomic mass is 9.87. The molecule has 73 valence electrons. The highest BCUT2D eigenvalue weighted by Crippen LogP contribution is 2.26. The van der Waals surface area contributed by atoms with Crippen LogP contribution < -0.4 is 0 Å². The first-order valence-corrected chi connectivity index (χ1v) is 5.43. The maximum absolute atomic E-state index is 2.50. The third-order valence-electron chi connectivity index (χ3n) is 2.75. The van der Waals surface area contributed by atoms with Crippen molar-refractivity contribution in [3.63, 3.8) is 0 Å². The van der Waals surface area contributed by atoms with Crippen LogP contribution in [0.15, 0.2) is 23.8 Å². The smallest absolute Gasteiger partial charge is 0.0317 e. The van der Waals surface area contributed by atoms with Crippen LogP contribution in [0.25, 0.3) is 0 Å². The molecule has 0 heteroatoms. The summed E-state index contributed by atoms with van der Waals surface area (Å²) >= 11 is 0. The van der Waals surface area contributed by atoms with Gasteiger partial charge in [0.15, 0.2) is 0 Å². The van der Waals surface area contributed by atoms with Gasteiger partial charge in [0.25, 0.3) is 0 Å². The Kier molecular flexibility index (Phi) is 4.88. The van der Waals surface area contributed by atoms with Crippen LogP contribution in [0.3, 0.4) is 0 Å². The van der Waals surface area contributed by atoms with E-state index in [9.17, 15) is 0 Å². The zero-order chi connectivity index (χ0) is 9.52. The lowest BCUT2D eigenvalue weighted by Gasteiger charge is -2.19. The molecule has 0 aromatic heterocycles. The molecule has 0 nitrogen and oxygen atoms in total. The molecule has 0 aromatic carbocycles. The maximum atomic E-state index is 2.50. The average molecular weight is 177 g/mol. The highest BCUT2D eigenvalue weighted by molar-refractivity contribution is 5.05. The zero-order valence-electron chi connectivity index (χ0n) is 8.92. The minimum atomic E-state index is 0.856. The molecule has 0 aliphatic heterocycles. The largest absolute Gasteiger partial charge is 0.0917 e. The fourth-order valence-corrected chi connectivity index (χ4v) is 1.79. The molecule has 1 rings (SSSR count). The maximum Gasteiger partial charge on any atom is -0.0317 e. The minimum absolute atomic E-state index is 0.856. The van der Waals surface area contributed by atoms with Crippen LogP contribution in [0.2, 0.25) is 0 Å². The molecule has 0 saturated carbocycles. The second kappa shape index (κ2) is 6.01. The monoisotopic (exact) mass is 177 g/mol. The van der Waals surface area contributed by atoms with E-state index in [1.165, 1.54) is 32.1 Å². The van der Waals surface area contributed by atoms with Crippen molar-refractivity contribution in [2.24, 2.45) is 5.92 Å². The molecule has 0 aromatic rings. The van der Waals surface area contributed by atoms with Crippen molar-refractivity contribution in [1.82, 2.24) is 0 Å². The molecule has 0 amide bonds. The van der Waals surface area contributed by atoms with Gasteiger partial charge in [-0.2, -0.15) is 0 Å². The van der Waals surface area contributed by atoms with Gasteiger partial charge in [0, 0.05) is 0 Å². The van der Waals surface area contributed by atoms with E-state index < -0.39 is 0 Å². The lowest BCUT2D eigenvalue weighted by molar-refractivity contribution is 0.515. The molecule has 1 atom stereocenters. The first-order chi connectivity index (χ1) is 6.33. The Labute approximate surface area is 82.7 Å². The van der Waals surface area contributed by atoms with E-state index in [2.05, 4.69) is 38.5 Å². The summed E-state index contributed by atoms with van der Waals surface area (Å²) < 4.78 is 0. The molecular formula is C13H21. The standard InChI is InChI=1S/C13H21/c1-3-4-5-6-7-13-10-8-12(2)9-11-13/h3-4,7-8,13H,5-6,9-11H2,1-2H3. The Morgan fingerprint density at radius 2 is 2.31 bits per heavy atom. The molecule has 0 N–H and O–H groups in total. The van der Waals surface area contributed by atoms with Crippen molar-refractivity contribution < 1.29 is 0 Å². The normalized spacial score (nSPS) is 23.5. The van der Waals surface area contributed by atoms with Crippen LogP contribution in [-0.4, -0.2) is 0 Å². The van der Waals surface area contributed by atoms with Crippen molar-refractivity contribution in [2.75, 3.05) is 0 Å². The van der Waals surface area contributed by atoms with E-state index in [1.807, 2.05) is 0 Å². The topological polar surface area (TPSA) is 0 Å². The molecular weight excluding hydrogens is 156 g/mol. The van der Waals surface area contributed by atoms with Gasteiger partial charge < -0.3 is 0 Å². The van der Waals surface area contributed by atoms with E-state index >= 15 is 0 Å². The number of hydrogen-bond acceptors (Lipinski definition) is 0. The lowest BCUT2D eigenvalue weighted by Crippen LogP contribution is -2.05. The Bertz CT molecular complexity index is 186. The van der Waals surface area contributed by atoms with Gasteiger partial charge in [-0.05, 0) is 58.3 Å². The Morgan fingerprint density at radius 3 is 2.92 bits per heavy atom. The number of rotatable bonds is 4. The predicted octanol–water partition coefficient (Wildman–Crippen LogP) is 4.29. The molecule has 0 spiro atoms. The van der Waals surface area contributed by atoms with Crippen LogP contribution in [0, 0.1) is 12.3 Å². The van der Waals surface area contributed by atoms with Crippen molar-refractivity contribution in [1.29, 1.82) is 0 Å². The zero-order valence-corrected chi connectivity index (χ0v) is 8.92. The first kappa shape index (κ1) is 10.6. The summed E-state index contributed by atoms with van der Waals surface area (Å²) in [6.07, 6.45) is 15.7. The molecule has 13 heavy (non-hydrogen) atoms. The number of unbranched alkanes of at least 4 members (excludes halogenated alkanes) is 1. The Balaban J connectivity index is 2.10. The van der Waals surface area contributed by atoms with Crippen LogP contribution in [0.4, 0.5) is 0 Å². The highest BCUT2D eigenvalue weighted by atomic mass is 14.2. The summed E-state index contributed by atoms with van der Waals surface area (Å²) in [6.45, 7) is 4.34. The summed E-state index contributed by atoms with van der Waals surface area (Å²) in [4.78, 5) is 0. The third-order valence-corrected chi connectivity index (χ3v) is 2.75. The molecule has 0 fully saturated rings.